The predicted octanol–water partition coefficient (Wildman–Crippen LogP) is 3.97. The van der Waals surface area contributed by atoms with Gasteiger partial charge in [-0.3, -0.25) is 4.79 Å². The molecule has 0 bridgehead atoms. The molecular formula is C14H11Cl2NO2. The van der Waals surface area contributed by atoms with Crippen LogP contribution >= 0.6 is 23.2 Å². The molecule has 0 amide bonds. The van der Waals surface area contributed by atoms with Crippen LogP contribution in [0.3, 0.4) is 0 Å². The van der Waals surface area contributed by atoms with Gasteiger partial charge in [0.15, 0.2) is 5.78 Å². The Morgan fingerprint density at radius 3 is 2.26 bits per heavy atom. The van der Waals surface area contributed by atoms with Gasteiger partial charge >= 0.3 is 0 Å². The minimum absolute atomic E-state index is 0.0145. The maximum Gasteiger partial charge on any atom is 0.194 e. The molecular weight excluding hydrogens is 285 g/mol. The predicted molar refractivity (Wildman–Crippen MR) is 77.5 cm³/mol. The molecule has 0 aromatic heterocycles. The molecule has 0 aliphatic heterocycles. The zero-order valence-electron chi connectivity index (χ0n) is 10.1. The lowest BCUT2D eigenvalue weighted by Crippen LogP contribution is -2.02. The number of hydrogen-bond donors (Lipinski definition) is 2. The quantitative estimate of drug-likeness (QED) is 0.842. The highest BCUT2D eigenvalue weighted by Crippen LogP contribution is 2.34. The average Bonchev–Trinajstić information content (AvgIpc) is 2.44. The second kappa shape index (κ2) is 5.51. The van der Waals surface area contributed by atoms with E-state index in [1.54, 1.807) is 31.3 Å². The van der Waals surface area contributed by atoms with Crippen molar-refractivity contribution in [3.05, 3.63) is 57.6 Å². The first kappa shape index (κ1) is 13.7. The van der Waals surface area contributed by atoms with E-state index in [1.807, 2.05) is 0 Å². The summed E-state index contributed by atoms with van der Waals surface area (Å²) in [5.74, 6) is -0.386. The molecule has 2 N–H and O–H groups in total. The second-order valence-corrected chi connectivity index (χ2v) is 4.67. The van der Waals surface area contributed by atoms with Crippen molar-refractivity contribution in [3.63, 3.8) is 0 Å². The van der Waals surface area contributed by atoms with Crippen LogP contribution in [0.1, 0.15) is 15.9 Å². The summed E-state index contributed by atoms with van der Waals surface area (Å²) in [6, 6.07) is 9.80. The molecule has 19 heavy (non-hydrogen) atoms. The molecule has 98 valence electrons. The van der Waals surface area contributed by atoms with E-state index < -0.39 is 0 Å². The Bertz CT molecular complexity index is 624. The van der Waals surface area contributed by atoms with E-state index in [9.17, 15) is 9.90 Å². The van der Waals surface area contributed by atoms with Crippen LogP contribution in [-0.4, -0.2) is 17.9 Å². The molecule has 0 saturated heterocycles. The molecule has 0 radical (unpaired) electrons. The van der Waals surface area contributed by atoms with Crippen molar-refractivity contribution in [2.75, 3.05) is 12.4 Å². The summed E-state index contributed by atoms with van der Waals surface area (Å²) in [4.78, 5) is 12.3. The number of ketones is 1. The maximum atomic E-state index is 12.3. The highest BCUT2D eigenvalue weighted by atomic mass is 35.5. The Kier molecular flexibility index (Phi) is 3.98. The highest BCUT2D eigenvalue weighted by Gasteiger charge is 2.16. The van der Waals surface area contributed by atoms with E-state index in [-0.39, 0.29) is 27.1 Å². The van der Waals surface area contributed by atoms with Gasteiger partial charge in [-0.25, -0.2) is 0 Å². The first-order valence-electron chi connectivity index (χ1n) is 5.54. The molecule has 0 spiro atoms. The summed E-state index contributed by atoms with van der Waals surface area (Å²) in [6.07, 6.45) is 0. The minimum atomic E-state index is -0.241. The molecule has 0 aliphatic carbocycles. The smallest absolute Gasteiger partial charge is 0.194 e. The van der Waals surface area contributed by atoms with E-state index >= 15 is 0 Å². The Morgan fingerprint density at radius 1 is 1.05 bits per heavy atom. The molecule has 2 rings (SSSR count). The normalized spacial score (nSPS) is 10.3. The van der Waals surface area contributed by atoms with Crippen LogP contribution in [0.2, 0.25) is 10.0 Å². The topological polar surface area (TPSA) is 49.3 Å². The summed E-state index contributed by atoms with van der Waals surface area (Å²) in [5, 5.41) is 12.4. The number of aromatic hydroxyl groups is 1. The first-order chi connectivity index (χ1) is 9.04. The Hall–Kier alpha value is -1.71. The van der Waals surface area contributed by atoms with Crippen molar-refractivity contribution in [1.29, 1.82) is 0 Å². The van der Waals surface area contributed by atoms with Gasteiger partial charge in [0.2, 0.25) is 0 Å². The van der Waals surface area contributed by atoms with Crippen LogP contribution in [0, 0.1) is 0 Å². The van der Waals surface area contributed by atoms with Crippen molar-refractivity contribution < 1.29 is 9.90 Å². The van der Waals surface area contributed by atoms with E-state index in [0.29, 0.717) is 5.56 Å². The number of halogens is 2. The SMILES string of the molecule is CNc1ccc(C(=O)c2ccc(O)c(Cl)c2Cl)cc1. The molecule has 5 heteroatoms. The molecule has 3 nitrogen and oxygen atoms in total. The molecule has 0 heterocycles. The standard InChI is InChI=1S/C14H11Cl2NO2/c1-17-9-4-2-8(3-5-9)14(19)10-6-7-11(18)13(16)12(10)15/h2-7,17-18H,1H3. The third-order valence-electron chi connectivity index (χ3n) is 2.74. The largest absolute Gasteiger partial charge is 0.506 e. The second-order valence-electron chi connectivity index (χ2n) is 3.92. The molecule has 0 unspecified atom stereocenters. The number of anilines is 1. The van der Waals surface area contributed by atoms with Crippen LogP contribution < -0.4 is 5.32 Å². The van der Waals surface area contributed by atoms with E-state index in [4.69, 9.17) is 23.2 Å². The van der Waals surface area contributed by atoms with Gasteiger partial charge in [-0.1, -0.05) is 23.2 Å². The van der Waals surface area contributed by atoms with E-state index in [1.165, 1.54) is 12.1 Å². The van der Waals surface area contributed by atoms with Crippen LogP contribution in [0.25, 0.3) is 0 Å². The van der Waals surface area contributed by atoms with Crippen LogP contribution in [0.4, 0.5) is 5.69 Å². The monoisotopic (exact) mass is 295 g/mol. The van der Waals surface area contributed by atoms with Gasteiger partial charge in [0.05, 0.1) is 5.02 Å². The summed E-state index contributed by atoms with van der Waals surface area (Å²) >= 11 is 11.8. The van der Waals surface area contributed by atoms with Crippen molar-refractivity contribution in [1.82, 2.24) is 0 Å². The number of rotatable bonds is 3. The van der Waals surface area contributed by atoms with Gasteiger partial charge in [-0.05, 0) is 36.4 Å². The fraction of sp³-hybridized carbons (Fsp3) is 0.0714. The lowest BCUT2D eigenvalue weighted by molar-refractivity contribution is 0.103. The molecule has 0 saturated carbocycles. The molecule has 2 aromatic rings. The van der Waals surface area contributed by atoms with Crippen LogP contribution in [-0.2, 0) is 0 Å². The minimum Gasteiger partial charge on any atom is -0.506 e. The number of hydrogen-bond acceptors (Lipinski definition) is 3. The maximum absolute atomic E-state index is 12.3. The average molecular weight is 296 g/mol. The van der Waals surface area contributed by atoms with E-state index in [0.717, 1.165) is 5.69 Å². The zero-order chi connectivity index (χ0) is 14.0. The zero-order valence-corrected chi connectivity index (χ0v) is 11.6. The van der Waals surface area contributed by atoms with Crippen LogP contribution in [0.5, 0.6) is 5.75 Å². The van der Waals surface area contributed by atoms with Crippen molar-refractivity contribution in [3.8, 4) is 5.75 Å². The van der Waals surface area contributed by atoms with Gasteiger partial charge in [-0.15, -0.1) is 0 Å². The van der Waals surface area contributed by atoms with Crippen molar-refractivity contribution >= 4 is 34.7 Å². The highest BCUT2D eigenvalue weighted by molar-refractivity contribution is 6.45. The molecule has 0 aliphatic rings. The van der Waals surface area contributed by atoms with Gasteiger partial charge < -0.3 is 10.4 Å². The number of phenols is 1. The summed E-state index contributed by atoms with van der Waals surface area (Å²) in [5.41, 5.74) is 1.68. The van der Waals surface area contributed by atoms with Crippen molar-refractivity contribution in [2.24, 2.45) is 0 Å². The Morgan fingerprint density at radius 2 is 1.68 bits per heavy atom. The van der Waals surface area contributed by atoms with Crippen molar-refractivity contribution in [2.45, 2.75) is 0 Å². The lowest BCUT2D eigenvalue weighted by Gasteiger charge is -2.07. The number of carbonyl (C=O) groups is 1. The number of phenolic OH excluding ortho intramolecular Hbond substituents is 1. The third kappa shape index (κ3) is 2.67. The number of benzene rings is 2. The summed E-state index contributed by atoms with van der Waals surface area (Å²) in [7, 11) is 1.80. The Balaban J connectivity index is 2.41. The van der Waals surface area contributed by atoms with Gasteiger partial charge in [0, 0.05) is 23.9 Å². The van der Waals surface area contributed by atoms with Crippen LogP contribution in [0.15, 0.2) is 36.4 Å². The summed E-state index contributed by atoms with van der Waals surface area (Å²) < 4.78 is 0. The van der Waals surface area contributed by atoms with Gasteiger partial charge in [0.25, 0.3) is 0 Å². The first-order valence-corrected chi connectivity index (χ1v) is 6.29. The lowest BCUT2D eigenvalue weighted by atomic mass is 10.0. The Labute approximate surface area is 120 Å². The number of nitrogens with one attached hydrogen (secondary N) is 1. The molecule has 2 aromatic carbocycles. The fourth-order valence-electron chi connectivity index (χ4n) is 1.66. The fourth-order valence-corrected chi connectivity index (χ4v) is 2.07. The summed E-state index contributed by atoms with van der Waals surface area (Å²) in [6.45, 7) is 0. The molecule has 0 fully saturated rings. The van der Waals surface area contributed by atoms with Gasteiger partial charge in [-0.2, -0.15) is 0 Å². The molecule has 0 atom stereocenters. The number of carbonyl (C=O) groups excluding carboxylic acids is 1. The van der Waals surface area contributed by atoms with Gasteiger partial charge in [0.1, 0.15) is 10.8 Å². The third-order valence-corrected chi connectivity index (χ3v) is 3.61. The van der Waals surface area contributed by atoms with E-state index in [2.05, 4.69) is 5.32 Å².